The Morgan fingerprint density at radius 1 is 1.17 bits per heavy atom. The van der Waals surface area contributed by atoms with Gasteiger partial charge in [0.05, 0.1) is 13.7 Å². The molecule has 0 spiro atoms. The largest absolute Gasteiger partial charge is 0.494 e. The van der Waals surface area contributed by atoms with Gasteiger partial charge in [-0.25, -0.2) is 4.39 Å². The van der Waals surface area contributed by atoms with E-state index in [0.29, 0.717) is 24.8 Å². The molecule has 2 atom stereocenters. The first kappa shape index (κ1) is 26.1. The Balaban J connectivity index is 1.38. The molecular weight excluding hydrogens is 451 g/mol. The van der Waals surface area contributed by atoms with Crippen LogP contribution in [-0.2, 0) is 11.2 Å². The number of aryl methyl sites for hydroxylation is 1. The van der Waals surface area contributed by atoms with Crippen LogP contribution in [0.25, 0.3) is 5.57 Å². The standard InChI is InChI=1S/C31H39FN2O2/c1-21(2)29-18-26(25-10-11-28(32)31(19-25)36-4)13-15-34(29)20-30(35)24-7-5-6-23(8-9-24)17-27-16-22(3)12-14-33-27/h10-14,16,18-19,21,23-24H,5-9,15,17,20H2,1-4H3. The van der Waals surface area contributed by atoms with E-state index in [2.05, 4.69) is 48.9 Å². The Labute approximate surface area is 215 Å². The number of hydrogen-bond acceptors (Lipinski definition) is 4. The second-order valence-electron chi connectivity index (χ2n) is 10.7. The summed E-state index contributed by atoms with van der Waals surface area (Å²) in [6.07, 6.45) is 12.5. The lowest BCUT2D eigenvalue weighted by atomic mass is 9.91. The minimum Gasteiger partial charge on any atom is -0.494 e. The molecular formula is C31H39FN2O2. The molecule has 2 aromatic rings. The molecule has 1 aromatic carbocycles. The van der Waals surface area contributed by atoms with Crippen molar-refractivity contribution in [1.29, 1.82) is 0 Å². The fourth-order valence-corrected chi connectivity index (χ4v) is 5.58. The molecule has 1 aromatic heterocycles. The van der Waals surface area contributed by atoms with Crippen molar-refractivity contribution in [2.24, 2.45) is 17.8 Å². The second-order valence-corrected chi connectivity index (χ2v) is 10.7. The average Bonchev–Trinajstić information content (AvgIpc) is 3.10. The summed E-state index contributed by atoms with van der Waals surface area (Å²) in [5.74, 6) is 1.27. The minimum absolute atomic E-state index is 0.139. The van der Waals surface area contributed by atoms with E-state index in [4.69, 9.17) is 4.74 Å². The number of hydrogen-bond donors (Lipinski definition) is 0. The molecule has 0 N–H and O–H groups in total. The van der Waals surface area contributed by atoms with Gasteiger partial charge in [0, 0.05) is 30.1 Å². The normalized spacial score (nSPS) is 20.6. The van der Waals surface area contributed by atoms with Crippen LogP contribution < -0.4 is 4.74 Å². The van der Waals surface area contributed by atoms with Gasteiger partial charge in [-0.15, -0.1) is 0 Å². The number of rotatable bonds is 8. The molecule has 4 nitrogen and oxygen atoms in total. The fourth-order valence-electron chi connectivity index (χ4n) is 5.58. The van der Waals surface area contributed by atoms with Crippen molar-refractivity contribution in [1.82, 2.24) is 9.88 Å². The van der Waals surface area contributed by atoms with Gasteiger partial charge in [-0.05, 0) is 91.5 Å². The third kappa shape index (κ3) is 6.43. The Morgan fingerprint density at radius 2 is 2.00 bits per heavy atom. The maximum absolute atomic E-state index is 13.9. The predicted molar refractivity (Wildman–Crippen MR) is 143 cm³/mol. The fraction of sp³-hybridized carbons (Fsp3) is 0.484. The Kier molecular flexibility index (Phi) is 8.60. The van der Waals surface area contributed by atoms with Gasteiger partial charge in [0.25, 0.3) is 0 Å². The number of carbonyl (C=O) groups is 1. The zero-order chi connectivity index (χ0) is 25.7. The maximum Gasteiger partial charge on any atom is 0.165 e. The summed E-state index contributed by atoms with van der Waals surface area (Å²) in [5.41, 5.74) is 5.55. The van der Waals surface area contributed by atoms with Crippen molar-refractivity contribution < 1.29 is 13.9 Å². The second kappa shape index (κ2) is 11.9. The highest BCUT2D eigenvalue weighted by Crippen LogP contribution is 2.33. The van der Waals surface area contributed by atoms with E-state index in [1.165, 1.54) is 30.9 Å². The molecule has 1 aliphatic heterocycles. The molecule has 0 amide bonds. The summed E-state index contributed by atoms with van der Waals surface area (Å²) in [5, 5.41) is 0. The molecule has 36 heavy (non-hydrogen) atoms. The van der Waals surface area contributed by atoms with Crippen LogP contribution in [0.5, 0.6) is 5.75 Å². The molecule has 0 saturated heterocycles. The monoisotopic (exact) mass is 490 g/mol. The first-order valence-electron chi connectivity index (χ1n) is 13.3. The number of halogens is 1. The predicted octanol–water partition coefficient (Wildman–Crippen LogP) is 6.78. The molecule has 1 aliphatic carbocycles. The van der Waals surface area contributed by atoms with Crippen molar-refractivity contribution in [2.75, 3.05) is 20.2 Å². The number of aromatic nitrogens is 1. The van der Waals surface area contributed by atoms with Gasteiger partial charge < -0.3 is 9.64 Å². The van der Waals surface area contributed by atoms with Crippen LogP contribution in [-0.4, -0.2) is 35.9 Å². The number of allylic oxidation sites excluding steroid dienone is 3. The average molecular weight is 491 g/mol. The number of carbonyl (C=O) groups excluding carboxylic acids is 1. The Morgan fingerprint density at radius 3 is 2.75 bits per heavy atom. The van der Waals surface area contributed by atoms with E-state index in [9.17, 15) is 9.18 Å². The summed E-state index contributed by atoms with van der Waals surface area (Å²) in [4.78, 5) is 20.2. The summed E-state index contributed by atoms with van der Waals surface area (Å²) in [6.45, 7) is 7.57. The van der Waals surface area contributed by atoms with Gasteiger partial charge >= 0.3 is 0 Å². The van der Waals surface area contributed by atoms with Gasteiger partial charge in [0.2, 0.25) is 0 Å². The van der Waals surface area contributed by atoms with Crippen LogP contribution in [0.15, 0.2) is 54.4 Å². The topological polar surface area (TPSA) is 42.4 Å². The van der Waals surface area contributed by atoms with Crippen LogP contribution in [0.1, 0.15) is 62.8 Å². The van der Waals surface area contributed by atoms with Crippen LogP contribution in [0.3, 0.4) is 0 Å². The number of Topliss-reactive ketones (excluding diaryl/α,β-unsaturated/α-hetero) is 1. The Bertz CT molecular complexity index is 1140. The molecule has 1 fully saturated rings. The molecule has 192 valence electrons. The number of pyridine rings is 1. The zero-order valence-electron chi connectivity index (χ0n) is 22.1. The lowest BCUT2D eigenvalue weighted by Gasteiger charge is -2.33. The highest BCUT2D eigenvalue weighted by atomic mass is 19.1. The van der Waals surface area contributed by atoms with E-state index in [1.54, 1.807) is 12.1 Å². The number of nitrogens with zero attached hydrogens (tertiary/aromatic N) is 2. The van der Waals surface area contributed by atoms with Crippen molar-refractivity contribution in [3.63, 3.8) is 0 Å². The molecule has 2 heterocycles. The number of benzene rings is 1. The lowest BCUT2D eigenvalue weighted by Crippen LogP contribution is -2.36. The van der Waals surface area contributed by atoms with Crippen LogP contribution in [0.4, 0.5) is 4.39 Å². The zero-order valence-corrected chi connectivity index (χ0v) is 22.1. The van der Waals surface area contributed by atoms with Crippen molar-refractivity contribution in [3.05, 3.63) is 77.0 Å². The number of ketones is 1. The van der Waals surface area contributed by atoms with Crippen LogP contribution in [0, 0.1) is 30.5 Å². The van der Waals surface area contributed by atoms with E-state index in [0.717, 1.165) is 48.9 Å². The first-order valence-corrected chi connectivity index (χ1v) is 13.3. The number of methoxy groups -OCH3 is 1. The summed E-state index contributed by atoms with van der Waals surface area (Å²) < 4.78 is 19.1. The van der Waals surface area contributed by atoms with Gasteiger partial charge in [0.1, 0.15) is 0 Å². The summed E-state index contributed by atoms with van der Waals surface area (Å²) >= 11 is 0. The maximum atomic E-state index is 13.9. The van der Waals surface area contributed by atoms with E-state index >= 15 is 0 Å². The minimum atomic E-state index is -0.362. The van der Waals surface area contributed by atoms with Gasteiger partial charge in [0.15, 0.2) is 17.3 Å². The molecule has 0 radical (unpaired) electrons. The highest BCUT2D eigenvalue weighted by molar-refractivity contribution is 5.84. The summed E-state index contributed by atoms with van der Waals surface area (Å²) in [7, 11) is 1.48. The first-order chi connectivity index (χ1) is 17.3. The van der Waals surface area contributed by atoms with Gasteiger partial charge in [-0.3, -0.25) is 9.78 Å². The SMILES string of the molecule is COc1cc(C2=CCN(CC(=O)C3CCCC(Cc4cc(C)ccn4)CC3)C(C(C)C)=C2)ccc1F. The van der Waals surface area contributed by atoms with Crippen molar-refractivity contribution in [2.45, 2.75) is 59.3 Å². The highest BCUT2D eigenvalue weighted by Gasteiger charge is 2.27. The lowest BCUT2D eigenvalue weighted by molar-refractivity contribution is -0.124. The van der Waals surface area contributed by atoms with Gasteiger partial charge in [-0.2, -0.15) is 0 Å². The smallest absolute Gasteiger partial charge is 0.165 e. The molecule has 4 rings (SSSR count). The molecule has 0 bridgehead atoms. The van der Waals surface area contributed by atoms with E-state index in [-0.39, 0.29) is 23.4 Å². The molecule has 2 unspecified atom stereocenters. The third-order valence-electron chi connectivity index (χ3n) is 7.64. The summed E-state index contributed by atoms with van der Waals surface area (Å²) in [6, 6.07) is 9.20. The van der Waals surface area contributed by atoms with Crippen molar-refractivity contribution >= 4 is 11.4 Å². The van der Waals surface area contributed by atoms with Crippen molar-refractivity contribution in [3.8, 4) is 5.75 Å². The molecule has 1 saturated carbocycles. The van der Waals surface area contributed by atoms with E-state index in [1.807, 2.05) is 12.3 Å². The molecule has 5 heteroatoms. The third-order valence-corrected chi connectivity index (χ3v) is 7.64. The Hall–Kier alpha value is -2.95. The molecule has 2 aliphatic rings. The quantitative estimate of drug-likeness (QED) is 0.382. The number of ether oxygens (including phenoxy) is 1. The van der Waals surface area contributed by atoms with Gasteiger partial charge in [-0.1, -0.05) is 38.8 Å². The van der Waals surface area contributed by atoms with Crippen LogP contribution >= 0.6 is 0 Å². The van der Waals surface area contributed by atoms with E-state index < -0.39 is 0 Å². The van der Waals surface area contributed by atoms with Crippen LogP contribution in [0.2, 0.25) is 0 Å².